The Kier molecular flexibility index (Phi) is 9.71. The van der Waals surface area contributed by atoms with Gasteiger partial charge in [-0.15, -0.1) is 0 Å². The van der Waals surface area contributed by atoms with E-state index >= 15 is 0 Å². The third kappa shape index (κ3) is 8.56. The van der Waals surface area contributed by atoms with Crippen molar-refractivity contribution >= 4 is 29.7 Å². The molecule has 11 heteroatoms. The fraction of sp³-hybridized carbons (Fsp3) is 0.536. The van der Waals surface area contributed by atoms with Crippen LogP contribution in [0.25, 0.3) is 0 Å². The SMILES string of the molecule is CC(C)Nc1nccc(N(CCCC(NC(=O)OC(C)(C)C)C(=O)N(C)C)C(=O)c2ccc3c(c2)CCO3)n1. The van der Waals surface area contributed by atoms with Crippen LogP contribution >= 0.6 is 0 Å². The highest BCUT2D eigenvalue weighted by Gasteiger charge is 2.27. The van der Waals surface area contributed by atoms with Gasteiger partial charge < -0.3 is 25.0 Å². The van der Waals surface area contributed by atoms with Crippen LogP contribution in [0.15, 0.2) is 30.5 Å². The molecule has 11 nitrogen and oxygen atoms in total. The van der Waals surface area contributed by atoms with Crippen LogP contribution in [0.5, 0.6) is 5.75 Å². The Morgan fingerprint density at radius 1 is 1.15 bits per heavy atom. The molecule has 2 heterocycles. The van der Waals surface area contributed by atoms with E-state index in [9.17, 15) is 14.4 Å². The third-order valence-corrected chi connectivity index (χ3v) is 5.82. The Morgan fingerprint density at radius 3 is 2.56 bits per heavy atom. The van der Waals surface area contributed by atoms with Crippen molar-refractivity contribution < 1.29 is 23.9 Å². The maximum absolute atomic E-state index is 13.8. The van der Waals surface area contributed by atoms with E-state index in [-0.39, 0.29) is 24.4 Å². The zero-order valence-electron chi connectivity index (χ0n) is 23.9. The zero-order chi connectivity index (χ0) is 28.7. The number of aromatic nitrogens is 2. The molecule has 2 N–H and O–H groups in total. The van der Waals surface area contributed by atoms with Gasteiger partial charge in [0.15, 0.2) is 0 Å². The van der Waals surface area contributed by atoms with Crippen molar-refractivity contribution in [3.05, 3.63) is 41.6 Å². The number of rotatable bonds is 10. The first-order valence-corrected chi connectivity index (χ1v) is 13.2. The molecule has 3 amide bonds. The van der Waals surface area contributed by atoms with Crippen molar-refractivity contribution in [3.8, 4) is 5.75 Å². The standard InChI is InChI=1S/C28H40N6O5/c1-18(2)30-26-29-14-12-23(32-26)34(24(35)20-10-11-22-19(17-20)13-16-38-22)15-8-9-21(25(36)33(6)7)31-27(37)39-28(3,4)5/h10-12,14,17-18,21H,8-9,13,15-16H2,1-7H3,(H,31,37)(H,29,30,32). The topological polar surface area (TPSA) is 126 Å². The smallest absolute Gasteiger partial charge is 0.408 e. The molecule has 0 bridgehead atoms. The summed E-state index contributed by atoms with van der Waals surface area (Å²) in [5.74, 6) is 1.15. The van der Waals surface area contributed by atoms with Gasteiger partial charge in [-0.1, -0.05) is 0 Å². The second kappa shape index (κ2) is 12.8. The second-order valence-electron chi connectivity index (χ2n) is 11.0. The molecule has 0 radical (unpaired) electrons. The molecule has 0 spiro atoms. The summed E-state index contributed by atoms with van der Waals surface area (Å²) in [7, 11) is 3.26. The van der Waals surface area contributed by atoms with Gasteiger partial charge in [0, 0.05) is 44.9 Å². The van der Waals surface area contributed by atoms with Crippen LogP contribution in [0.1, 0.15) is 63.4 Å². The van der Waals surface area contributed by atoms with Crippen molar-refractivity contribution in [2.75, 3.05) is 37.5 Å². The van der Waals surface area contributed by atoms with E-state index in [1.54, 1.807) is 58.1 Å². The molecule has 0 aliphatic carbocycles. The van der Waals surface area contributed by atoms with Crippen LogP contribution in [0.2, 0.25) is 0 Å². The molecule has 1 aromatic carbocycles. The lowest BCUT2D eigenvalue weighted by Gasteiger charge is -2.26. The number of hydrogen-bond donors (Lipinski definition) is 2. The highest BCUT2D eigenvalue weighted by atomic mass is 16.6. The number of ether oxygens (including phenoxy) is 2. The first-order valence-electron chi connectivity index (χ1n) is 13.2. The second-order valence-corrected chi connectivity index (χ2v) is 11.0. The molecule has 1 atom stereocenters. The maximum atomic E-state index is 13.8. The van der Waals surface area contributed by atoms with Crippen molar-refractivity contribution in [2.24, 2.45) is 0 Å². The van der Waals surface area contributed by atoms with Crippen molar-refractivity contribution in [2.45, 2.75) is 71.6 Å². The van der Waals surface area contributed by atoms with E-state index in [1.807, 2.05) is 26.0 Å². The van der Waals surface area contributed by atoms with Crippen LogP contribution in [0.4, 0.5) is 16.6 Å². The Hall–Kier alpha value is -3.89. The summed E-state index contributed by atoms with van der Waals surface area (Å²) in [5.41, 5.74) is 0.808. The number of carbonyl (C=O) groups excluding carboxylic acids is 3. The normalized spacial score (nSPS) is 13.2. The molecule has 212 valence electrons. The van der Waals surface area contributed by atoms with Crippen molar-refractivity contribution in [1.29, 1.82) is 0 Å². The summed E-state index contributed by atoms with van der Waals surface area (Å²) in [6, 6.07) is 6.40. The highest BCUT2D eigenvalue weighted by Crippen LogP contribution is 2.27. The number of nitrogens with zero attached hydrogens (tertiary/aromatic N) is 4. The number of alkyl carbamates (subject to hydrolysis) is 1. The van der Waals surface area contributed by atoms with Gasteiger partial charge in [0.2, 0.25) is 11.9 Å². The molecular weight excluding hydrogens is 500 g/mol. The average molecular weight is 541 g/mol. The number of carbonyl (C=O) groups is 3. The summed E-state index contributed by atoms with van der Waals surface area (Å²) in [6.07, 6.45) is 2.39. The average Bonchev–Trinajstić information content (AvgIpc) is 3.31. The summed E-state index contributed by atoms with van der Waals surface area (Å²) >= 11 is 0. The Bertz CT molecular complexity index is 1180. The number of anilines is 2. The molecule has 1 aromatic heterocycles. The molecule has 0 fully saturated rings. The van der Waals surface area contributed by atoms with Crippen LogP contribution in [0, 0.1) is 0 Å². The predicted octanol–water partition coefficient (Wildman–Crippen LogP) is 3.64. The number of fused-ring (bicyclic) bond motifs is 1. The van der Waals surface area contributed by atoms with Crippen LogP contribution in [0.3, 0.4) is 0 Å². The lowest BCUT2D eigenvalue weighted by atomic mass is 10.1. The number of likely N-dealkylation sites (N-methyl/N-ethyl adjacent to an activating group) is 1. The van der Waals surface area contributed by atoms with E-state index in [1.165, 1.54) is 4.90 Å². The third-order valence-electron chi connectivity index (χ3n) is 5.82. The largest absolute Gasteiger partial charge is 0.493 e. The minimum atomic E-state index is -0.812. The quantitative estimate of drug-likeness (QED) is 0.468. The molecule has 2 aromatic rings. The van der Waals surface area contributed by atoms with E-state index < -0.39 is 17.7 Å². The molecule has 1 aliphatic heterocycles. The van der Waals surface area contributed by atoms with Crippen LogP contribution < -0.4 is 20.3 Å². The molecule has 39 heavy (non-hydrogen) atoms. The van der Waals surface area contributed by atoms with Gasteiger partial charge in [-0.2, -0.15) is 4.98 Å². The highest BCUT2D eigenvalue weighted by molar-refractivity contribution is 6.05. The summed E-state index contributed by atoms with van der Waals surface area (Å²) in [5, 5.41) is 5.85. The first-order chi connectivity index (χ1) is 18.3. The van der Waals surface area contributed by atoms with Gasteiger partial charge >= 0.3 is 6.09 Å². The molecule has 1 aliphatic rings. The maximum Gasteiger partial charge on any atom is 0.408 e. The Balaban J connectivity index is 1.82. The van der Waals surface area contributed by atoms with Gasteiger partial charge in [-0.05, 0) is 77.3 Å². The lowest BCUT2D eigenvalue weighted by Crippen LogP contribution is -2.48. The van der Waals surface area contributed by atoms with E-state index in [0.717, 1.165) is 17.7 Å². The zero-order valence-corrected chi connectivity index (χ0v) is 23.9. The van der Waals surface area contributed by atoms with E-state index in [2.05, 4.69) is 20.6 Å². The monoisotopic (exact) mass is 540 g/mol. The van der Waals surface area contributed by atoms with Gasteiger partial charge in [-0.25, -0.2) is 9.78 Å². The lowest BCUT2D eigenvalue weighted by molar-refractivity contribution is -0.131. The molecular formula is C28H40N6O5. The number of hydrogen-bond acceptors (Lipinski definition) is 8. The molecule has 3 rings (SSSR count). The first kappa shape index (κ1) is 29.7. The summed E-state index contributed by atoms with van der Waals surface area (Å²) in [6.45, 7) is 10.1. The minimum absolute atomic E-state index is 0.109. The Labute approximate surface area is 230 Å². The number of benzene rings is 1. The Morgan fingerprint density at radius 2 is 1.90 bits per heavy atom. The number of amides is 3. The predicted molar refractivity (Wildman–Crippen MR) is 149 cm³/mol. The van der Waals surface area contributed by atoms with Crippen molar-refractivity contribution in [3.63, 3.8) is 0 Å². The summed E-state index contributed by atoms with van der Waals surface area (Å²) in [4.78, 5) is 50.9. The molecule has 1 unspecified atom stereocenters. The summed E-state index contributed by atoms with van der Waals surface area (Å²) < 4.78 is 10.9. The molecule has 0 saturated carbocycles. The fourth-order valence-corrected chi connectivity index (χ4v) is 4.10. The van der Waals surface area contributed by atoms with Crippen LogP contribution in [-0.2, 0) is 16.0 Å². The van der Waals surface area contributed by atoms with E-state index in [0.29, 0.717) is 36.8 Å². The minimum Gasteiger partial charge on any atom is -0.493 e. The van der Waals surface area contributed by atoms with Gasteiger partial charge in [-0.3, -0.25) is 14.5 Å². The fourth-order valence-electron chi connectivity index (χ4n) is 4.10. The molecule has 0 saturated heterocycles. The van der Waals surface area contributed by atoms with Gasteiger partial charge in [0.1, 0.15) is 23.2 Å². The van der Waals surface area contributed by atoms with E-state index in [4.69, 9.17) is 9.47 Å². The number of nitrogens with one attached hydrogen (secondary N) is 2. The van der Waals surface area contributed by atoms with Gasteiger partial charge in [0.25, 0.3) is 5.91 Å². The van der Waals surface area contributed by atoms with Crippen molar-refractivity contribution in [1.82, 2.24) is 20.2 Å². The van der Waals surface area contributed by atoms with Gasteiger partial charge in [0.05, 0.1) is 6.61 Å². The van der Waals surface area contributed by atoms with Crippen LogP contribution in [-0.4, -0.2) is 77.7 Å².